The fourth-order valence-corrected chi connectivity index (χ4v) is 1.72. The van der Waals surface area contributed by atoms with E-state index in [9.17, 15) is 0 Å². The fraction of sp³-hybridized carbons (Fsp3) is 0.316. The molecular formula is C19H29N3. The zero-order valence-electron chi connectivity index (χ0n) is 14.4. The third-order valence-electron chi connectivity index (χ3n) is 2.92. The normalized spacial score (nSPS) is 10.2. The first-order chi connectivity index (χ1) is 10.5. The molecule has 0 aliphatic carbocycles. The van der Waals surface area contributed by atoms with Gasteiger partial charge in [0.2, 0.25) is 0 Å². The summed E-state index contributed by atoms with van der Waals surface area (Å²) in [7, 11) is 0. The second-order valence-electron chi connectivity index (χ2n) is 4.95. The number of hydrogen-bond acceptors (Lipinski definition) is 2. The van der Waals surface area contributed by atoms with Crippen LogP contribution in [0.3, 0.4) is 0 Å². The molecule has 0 radical (unpaired) electrons. The number of nitrogens with zero attached hydrogens (tertiary/aromatic N) is 1. The summed E-state index contributed by atoms with van der Waals surface area (Å²) >= 11 is 0. The zero-order valence-corrected chi connectivity index (χ0v) is 14.4. The monoisotopic (exact) mass is 299 g/mol. The van der Waals surface area contributed by atoms with E-state index in [1.54, 1.807) is 0 Å². The van der Waals surface area contributed by atoms with E-state index in [-0.39, 0.29) is 0 Å². The van der Waals surface area contributed by atoms with Gasteiger partial charge in [-0.2, -0.15) is 5.10 Å². The Kier molecular flexibility index (Phi) is 10.2. The lowest BCUT2D eigenvalue weighted by atomic mass is 10.0. The van der Waals surface area contributed by atoms with Crippen molar-refractivity contribution in [3.05, 3.63) is 71.3 Å². The minimum Gasteiger partial charge on any atom is -0.382 e. The lowest BCUT2D eigenvalue weighted by molar-refractivity contribution is 0.867. The van der Waals surface area contributed by atoms with Crippen molar-refractivity contribution in [3.8, 4) is 0 Å². The molecule has 3 heteroatoms. The van der Waals surface area contributed by atoms with Gasteiger partial charge in [0, 0.05) is 5.56 Å². The van der Waals surface area contributed by atoms with Gasteiger partial charge in [0.05, 0.1) is 0 Å². The van der Waals surface area contributed by atoms with E-state index in [0.717, 1.165) is 11.1 Å². The Hall–Kier alpha value is -2.29. The van der Waals surface area contributed by atoms with Crippen LogP contribution in [0.1, 0.15) is 50.3 Å². The number of hydrogen-bond donors (Lipinski definition) is 2. The van der Waals surface area contributed by atoms with Gasteiger partial charge in [-0.3, -0.25) is 0 Å². The van der Waals surface area contributed by atoms with Crippen LogP contribution in [0, 0.1) is 6.92 Å². The van der Waals surface area contributed by atoms with Crippen molar-refractivity contribution in [2.24, 2.45) is 16.7 Å². The fourth-order valence-electron chi connectivity index (χ4n) is 1.72. The maximum atomic E-state index is 5.49. The number of rotatable bonds is 2. The molecule has 0 unspecified atom stereocenters. The highest BCUT2D eigenvalue weighted by Crippen LogP contribution is 2.11. The maximum absolute atomic E-state index is 5.49. The second kappa shape index (κ2) is 11.4. The molecule has 4 N–H and O–H groups in total. The number of aryl methyl sites for hydroxylation is 1. The summed E-state index contributed by atoms with van der Waals surface area (Å²) in [6, 6.07) is 18.2. The van der Waals surface area contributed by atoms with Crippen molar-refractivity contribution in [1.82, 2.24) is 0 Å². The van der Waals surface area contributed by atoms with Crippen LogP contribution < -0.4 is 11.6 Å². The van der Waals surface area contributed by atoms with E-state index < -0.39 is 0 Å². The van der Waals surface area contributed by atoms with Gasteiger partial charge in [0.25, 0.3) is 0 Å². The van der Waals surface area contributed by atoms with Gasteiger partial charge in [-0.1, -0.05) is 81.8 Å². The molecule has 3 nitrogen and oxygen atoms in total. The predicted octanol–water partition coefficient (Wildman–Crippen LogP) is 4.41. The number of benzene rings is 2. The van der Waals surface area contributed by atoms with Crippen LogP contribution in [-0.2, 0) is 0 Å². The Labute approximate surface area is 135 Å². The number of amidine groups is 1. The zero-order chi connectivity index (χ0) is 17.0. The third-order valence-corrected chi connectivity index (χ3v) is 2.92. The van der Waals surface area contributed by atoms with Crippen LogP contribution in [-0.4, -0.2) is 5.84 Å². The molecule has 2 aromatic rings. The Bertz CT molecular complexity index is 546. The highest BCUT2D eigenvalue weighted by molar-refractivity contribution is 5.97. The Morgan fingerprint density at radius 3 is 1.95 bits per heavy atom. The minimum absolute atomic E-state index is 0.369. The van der Waals surface area contributed by atoms with Gasteiger partial charge in [-0.25, -0.2) is 0 Å². The first-order valence-corrected chi connectivity index (χ1v) is 7.70. The second-order valence-corrected chi connectivity index (χ2v) is 4.95. The Morgan fingerprint density at radius 2 is 1.55 bits per heavy atom. The molecular weight excluding hydrogens is 270 g/mol. The first-order valence-electron chi connectivity index (χ1n) is 7.70. The average Bonchev–Trinajstić information content (AvgIpc) is 2.57. The van der Waals surface area contributed by atoms with Crippen molar-refractivity contribution in [2.45, 2.75) is 40.5 Å². The van der Waals surface area contributed by atoms with Crippen molar-refractivity contribution in [1.29, 1.82) is 0 Å². The molecule has 0 saturated heterocycles. The third kappa shape index (κ3) is 7.48. The van der Waals surface area contributed by atoms with E-state index >= 15 is 0 Å². The van der Waals surface area contributed by atoms with Gasteiger partial charge in [0.15, 0.2) is 0 Å². The van der Waals surface area contributed by atoms with Crippen LogP contribution >= 0.6 is 0 Å². The molecule has 120 valence electrons. The molecule has 0 spiro atoms. The van der Waals surface area contributed by atoms with Gasteiger partial charge >= 0.3 is 0 Å². The topological polar surface area (TPSA) is 64.4 Å². The summed E-state index contributed by atoms with van der Waals surface area (Å²) in [6.45, 7) is 10.4. The van der Waals surface area contributed by atoms with E-state index in [2.05, 4.69) is 43.2 Å². The summed E-state index contributed by atoms with van der Waals surface area (Å²) in [5.41, 5.74) is 8.92. The SMILES string of the molecule is CC.CC(C)c1ccccc1.Cc1cccc(/C(N)=N/N)c1. The molecule has 22 heavy (non-hydrogen) atoms. The number of nitrogens with two attached hydrogens (primary N) is 2. The highest BCUT2D eigenvalue weighted by Gasteiger charge is 1.95. The van der Waals surface area contributed by atoms with E-state index in [4.69, 9.17) is 11.6 Å². The molecule has 0 aliphatic heterocycles. The quantitative estimate of drug-likeness (QED) is 0.373. The molecule has 2 aromatic carbocycles. The summed E-state index contributed by atoms with van der Waals surface area (Å²) in [6.07, 6.45) is 0. The molecule has 0 aliphatic rings. The van der Waals surface area contributed by atoms with Crippen LogP contribution in [0.25, 0.3) is 0 Å². The van der Waals surface area contributed by atoms with Gasteiger partial charge < -0.3 is 11.6 Å². The van der Waals surface area contributed by atoms with E-state index in [1.807, 2.05) is 51.1 Å². The largest absolute Gasteiger partial charge is 0.382 e. The highest BCUT2D eigenvalue weighted by atomic mass is 15.1. The van der Waals surface area contributed by atoms with E-state index in [0.29, 0.717) is 11.8 Å². The average molecular weight is 299 g/mol. The molecule has 0 aromatic heterocycles. The first kappa shape index (κ1) is 19.7. The standard InChI is InChI=1S/C9H12.C8H11N3.C2H6/c1-8(2)9-6-4-3-5-7-9;1-6-3-2-4-7(5-6)8(9)11-10;1-2/h3-8H,1-2H3;2-5H,10H2,1H3,(H2,9,11);1-2H3. The summed E-state index contributed by atoms with van der Waals surface area (Å²) in [4.78, 5) is 0. The van der Waals surface area contributed by atoms with Crippen LogP contribution in [0.4, 0.5) is 0 Å². The van der Waals surface area contributed by atoms with Crippen molar-refractivity contribution < 1.29 is 0 Å². The van der Waals surface area contributed by atoms with E-state index in [1.165, 1.54) is 5.56 Å². The van der Waals surface area contributed by atoms with Crippen molar-refractivity contribution in [2.75, 3.05) is 0 Å². The van der Waals surface area contributed by atoms with Crippen LogP contribution in [0.2, 0.25) is 0 Å². The molecule has 2 rings (SSSR count). The maximum Gasteiger partial charge on any atom is 0.150 e. The molecule has 0 bridgehead atoms. The Balaban J connectivity index is 0.000000366. The summed E-state index contributed by atoms with van der Waals surface area (Å²) < 4.78 is 0. The molecule has 0 atom stereocenters. The summed E-state index contributed by atoms with van der Waals surface area (Å²) in [5.74, 6) is 6.04. The van der Waals surface area contributed by atoms with Crippen LogP contribution in [0.15, 0.2) is 59.7 Å². The predicted molar refractivity (Wildman–Crippen MR) is 98.0 cm³/mol. The lowest BCUT2D eigenvalue weighted by Gasteiger charge is -2.01. The van der Waals surface area contributed by atoms with Gasteiger partial charge in [-0.05, 0) is 24.5 Å². The Morgan fingerprint density at radius 1 is 0.955 bits per heavy atom. The molecule has 0 saturated carbocycles. The van der Waals surface area contributed by atoms with Crippen molar-refractivity contribution in [3.63, 3.8) is 0 Å². The smallest absolute Gasteiger partial charge is 0.150 e. The molecule has 0 fully saturated rings. The summed E-state index contributed by atoms with van der Waals surface area (Å²) in [5, 5.41) is 3.39. The molecule has 0 amide bonds. The molecule has 0 heterocycles. The van der Waals surface area contributed by atoms with Crippen LogP contribution in [0.5, 0.6) is 0 Å². The van der Waals surface area contributed by atoms with Gasteiger partial charge in [0.1, 0.15) is 5.84 Å². The lowest BCUT2D eigenvalue weighted by Crippen LogP contribution is -2.15. The minimum atomic E-state index is 0.369. The van der Waals surface area contributed by atoms with Gasteiger partial charge in [-0.15, -0.1) is 0 Å². The number of hydrazone groups is 1. The van der Waals surface area contributed by atoms with Crippen molar-refractivity contribution >= 4 is 5.84 Å².